The van der Waals surface area contributed by atoms with Gasteiger partial charge in [-0.05, 0) is 31.0 Å². The number of aryl methyl sites for hydroxylation is 1. The molecular weight excluding hydrogens is 310 g/mol. The predicted molar refractivity (Wildman–Crippen MR) is 77.7 cm³/mol. The van der Waals surface area contributed by atoms with E-state index in [9.17, 15) is 9.59 Å². The van der Waals surface area contributed by atoms with Gasteiger partial charge in [0.15, 0.2) is 12.9 Å². The number of benzene rings is 1. The SMILES string of the molecule is CCCCNC(=O)COc1c(C)cc(Br)cc1C=O. The summed E-state index contributed by atoms with van der Waals surface area (Å²) in [6.45, 7) is 4.47. The molecule has 0 heterocycles. The summed E-state index contributed by atoms with van der Waals surface area (Å²) in [6.07, 6.45) is 2.70. The number of hydrogen-bond acceptors (Lipinski definition) is 3. The minimum absolute atomic E-state index is 0.0764. The Hall–Kier alpha value is -1.36. The van der Waals surface area contributed by atoms with Crippen molar-refractivity contribution in [3.05, 3.63) is 27.7 Å². The van der Waals surface area contributed by atoms with E-state index in [-0.39, 0.29) is 12.5 Å². The average Bonchev–Trinajstić information content (AvgIpc) is 2.37. The number of hydrogen-bond donors (Lipinski definition) is 1. The van der Waals surface area contributed by atoms with Gasteiger partial charge in [0.1, 0.15) is 5.75 Å². The van der Waals surface area contributed by atoms with Crippen molar-refractivity contribution in [2.24, 2.45) is 0 Å². The van der Waals surface area contributed by atoms with Crippen molar-refractivity contribution >= 4 is 28.1 Å². The summed E-state index contributed by atoms with van der Waals surface area (Å²) in [7, 11) is 0. The Labute approximate surface area is 121 Å². The number of aldehydes is 1. The Bertz CT molecular complexity index is 460. The van der Waals surface area contributed by atoms with Crippen LogP contribution in [0.2, 0.25) is 0 Å². The van der Waals surface area contributed by atoms with Crippen LogP contribution in [0.3, 0.4) is 0 Å². The van der Waals surface area contributed by atoms with Gasteiger partial charge in [-0.25, -0.2) is 0 Å². The van der Waals surface area contributed by atoms with E-state index < -0.39 is 0 Å². The highest BCUT2D eigenvalue weighted by atomic mass is 79.9. The van der Waals surface area contributed by atoms with Crippen LogP contribution in [0.1, 0.15) is 35.7 Å². The second kappa shape index (κ2) is 7.94. The molecule has 19 heavy (non-hydrogen) atoms. The normalized spacial score (nSPS) is 10.1. The van der Waals surface area contributed by atoms with Gasteiger partial charge < -0.3 is 10.1 Å². The first-order valence-electron chi connectivity index (χ1n) is 6.23. The summed E-state index contributed by atoms with van der Waals surface area (Å²) >= 11 is 3.32. The van der Waals surface area contributed by atoms with Crippen molar-refractivity contribution in [3.8, 4) is 5.75 Å². The second-order valence-electron chi connectivity index (χ2n) is 4.25. The van der Waals surface area contributed by atoms with Crippen LogP contribution in [0.5, 0.6) is 5.75 Å². The molecule has 0 aliphatic rings. The standard InChI is InChI=1S/C14H18BrNO3/c1-3-4-5-16-13(18)9-19-14-10(2)6-12(15)7-11(14)8-17/h6-8H,3-5,9H2,1-2H3,(H,16,18). The van der Waals surface area contributed by atoms with Gasteiger partial charge in [-0.2, -0.15) is 0 Å². The maximum atomic E-state index is 11.5. The van der Waals surface area contributed by atoms with Crippen LogP contribution < -0.4 is 10.1 Å². The first-order chi connectivity index (χ1) is 9.08. The summed E-state index contributed by atoms with van der Waals surface area (Å²) in [6, 6.07) is 3.52. The summed E-state index contributed by atoms with van der Waals surface area (Å²) in [5, 5.41) is 2.76. The van der Waals surface area contributed by atoms with Crippen molar-refractivity contribution in [3.63, 3.8) is 0 Å². The Morgan fingerprint density at radius 1 is 1.47 bits per heavy atom. The molecule has 1 N–H and O–H groups in total. The molecule has 5 heteroatoms. The molecule has 0 aliphatic carbocycles. The van der Waals surface area contributed by atoms with E-state index in [0.717, 1.165) is 29.2 Å². The molecule has 0 bridgehead atoms. The molecule has 1 aromatic carbocycles. The molecule has 0 radical (unpaired) electrons. The molecule has 1 rings (SSSR count). The second-order valence-corrected chi connectivity index (χ2v) is 5.17. The molecule has 0 unspecified atom stereocenters. The summed E-state index contributed by atoms with van der Waals surface area (Å²) < 4.78 is 6.25. The van der Waals surface area contributed by atoms with Crippen molar-refractivity contribution in [1.82, 2.24) is 5.32 Å². The molecule has 0 atom stereocenters. The van der Waals surface area contributed by atoms with Gasteiger partial charge in [-0.15, -0.1) is 0 Å². The number of nitrogens with one attached hydrogen (secondary N) is 1. The Kier molecular flexibility index (Phi) is 6.56. The van der Waals surface area contributed by atoms with Gasteiger partial charge in [-0.3, -0.25) is 9.59 Å². The number of amides is 1. The van der Waals surface area contributed by atoms with Gasteiger partial charge in [0.2, 0.25) is 0 Å². The minimum Gasteiger partial charge on any atom is -0.483 e. The van der Waals surface area contributed by atoms with Crippen LogP contribution in [0.4, 0.5) is 0 Å². The van der Waals surface area contributed by atoms with Crippen LogP contribution in [-0.2, 0) is 4.79 Å². The number of unbranched alkanes of at least 4 members (excludes halogenated alkanes) is 1. The van der Waals surface area contributed by atoms with Gasteiger partial charge in [0.05, 0.1) is 5.56 Å². The van der Waals surface area contributed by atoms with Gasteiger partial charge in [0.25, 0.3) is 5.91 Å². The zero-order valence-electron chi connectivity index (χ0n) is 11.2. The lowest BCUT2D eigenvalue weighted by molar-refractivity contribution is -0.123. The Morgan fingerprint density at radius 3 is 2.84 bits per heavy atom. The predicted octanol–water partition coefficient (Wildman–Crippen LogP) is 2.87. The summed E-state index contributed by atoms with van der Waals surface area (Å²) in [5.41, 5.74) is 1.26. The Balaban J connectivity index is 2.62. The lowest BCUT2D eigenvalue weighted by Crippen LogP contribution is -2.29. The van der Waals surface area contributed by atoms with E-state index in [1.807, 2.05) is 13.0 Å². The third-order valence-electron chi connectivity index (χ3n) is 2.60. The number of rotatable bonds is 7. The average molecular weight is 328 g/mol. The molecule has 0 fully saturated rings. The molecule has 4 nitrogen and oxygen atoms in total. The van der Waals surface area contributed by atoms with Crippen LogP contribution in [0.25, 0.3) is 0 Å². The fourth-order valence-corrected chi connectivity index (χ4v) is 2.22. The van der Waals surface area contributed by atoms with Gasteiger partial charge >= 0.3 is 0 Å². The smallest absolute Gasteiger partial charge is 0.257 e. The number of carbonyl (C=O) groups excluding carboxylic acids is 2. The molecule has 1 amide bonds. The minimum atomic E-state index is -0.174. The third-order valence-corrected chi connectivity index (χ3v) is 3.05. The van der Waals surface area contributed by atoms with E-state index in [2.05, 4.69) is 28.2 Å². The zero-order valence-corrected chi connectivity index (χ0v) is 12.7. The van der Waals surface area contributed by atoms with Crippen molar-refractivity contribution < 1.29 is 14.3 Å². The van der Waals surface area contributed by atoms with E-state index >= 15 is 0 Å². The van der Waals surface area contributed by atoms with Crippen LogP contribution in [-0.4, -0.2) is 25.3 Å². The first kappa shape index (κ1) is 15.7. The molecule has 0 aliphatic heterocycles. The van der Waals surface area contributed by atoms with Crippen LogP contribution >= 0.6 is 15.9 Å². The summed E-state index contributed by atoms with van der Waals surface area (Å²) in [5.74, 6) is 0.288. The summed E-state index contributed by atoms with van der Waals surface area (Å²) in [4.78, 5) is 22.5. The molecule has 0 aromatic heterocycles. The molecule has 104 valence electrons. The van der Waals surface area contributed by atoms with E-state index in [1.165, 1.54) is 0 Å². The van der Waals surface area contributed by atoms with E-state index in [1.54, 1.807) is 6.07 Å². The third kappa shape index (κ3) is 5.03. The lowest BCUT2D eigenvalue weighted by atomic mass is 10.1. The molecule has 1 aromatic rings. The number of carbonyl (C=O) groups is 2. The highest BCUT2D eigenvalue weighted by molar-refractivity contribution is 9.10. The van der Waals surface area contributed by atoms with E-state index in [4.69, 9.17) is 4.74 Å². The number of halogens is 1. The lowest BCUT2D eigenvalue weighted by Gasteiger charge is -2.12. The molecule has 0 saturated carbocycles. The maximum absolute atomic E-state index is 11.5. The van der Waals surface area contributed by atoms with E-state index in [0.29, 0.717) is 17.9 Å². The molecular formula is C14H18BrNO3. The zero-order chi connectivity index (χ0) is 14.3. The fourth-order valence-electron chi connectivity index (χ4n) is 1.63. The highest BCUT2D eigenvalue weighted by Gasteiger charge is 2.10. The monoisotopic (exact) mass is 327 g/mol. The topological polar surface area (TPSA) is 55.4 Å². The fraction of sp³-hybridized carbons (Fsp3) is 0.429. The molecule has 0 saturated heterocycles. The molecule has 0 spiro atoms. The maximum Gasteiger partial charge on any atom is 0.257 e. The van der Waals surface area contributed by atoms with Crippen molar-refractivity contribution in [2.45, 2.75) is 26.7 Å². The number of ether oxygens (including phenoxy) is 1. The highest BCUT2D eigenvalue weighted by Crippen LogP contribution is 2.26. The van der Waals surface area contributed by atoms with Crippen molar-refractivity contribution in [1.29, 1.82) is 0 Å². The first-order valence-corrected chi connectivity index (χ1v) is 7.02. The van der Waals surface area contributed by atoms with Crippen molar-refractivity contribution in [2.75, 3.05) is 13.2 Å². The van der Waals surface area contributed by atoms with Crippen LogP contribution in [0, 0.1) is 6.92 Å². The van der Waals surface area contributed by atoms with Gasteiger partial charge in [-0.1, -0.05) is 29.3 Å². The van der Waals surface area contributed by atoms with Gasteiger partial charge in [0, 0.05) is 11.0 Å². The van der Waals surface area contributed by atoms with Crippen LogP contribution in [0.15, 0.2) is 16.6 Å². The Morgan fingerprint density at radius 2 is 2.21 bits per heavy atom. The largest absolute Gasteiger partial charge is 0.483 e. The quantitative estimate of drug-likeness (QED) is 0.618.